The average Bonchev–Trinajstić information content (AvgIpc) is 2.24. The second kappa shape index (κ2) is 5.90. The number of alkyl halides is 1. The van der Waals surface area contributed by atoms with Gasteiger partial charge >= 0.3 is 0 Å². The zero-order valence-electron chi connectivity index (χ0n) is 10.0. The zero-order chi connectivity index (χ0) is 12.1. The lowest BCUT2D eigenvalue weighted by Gasteiger charge is -2.26. The Kier molecular flexibility index (Phi) is 4.81. The summed E-state index contributed by atoms with van der Waals surface area (Å²) in [6.07, 6.45) is 0. The number of hydrogen-bond acceptors (Lipinski definition) is 1. The van der Waals surface area contributed by atoms with Crippen LogP contribution in [0.4, 0.5) is 0 Å². The van der Waals surface area contributed by atoms with Gasteiger partial charge in [0.05, 0.1) is 0 Å². The summed E-state index contributed by atoms with van der Waals surface area (Å²) in [5.41, 5.74) is 1.83. The molecule has 0 aromatic heterocycles. The first-order valence-corrected chi connectivity index (χ1v) is 6.03. The molecule has 1 rings (SSSR count). The summed E-state index contributed by atoms with van der Waals surface area (Å²) in [7, 11) is 0. The standard InChI is InChI=1S/C13H18ClNO/c1-10(2)15(8-7-14)13(16)12-6-4-5-11(3)9-12/h4-6,9-10H,7-8H2,1-3H3. The smallest absolute Gasteiger partial charge is 0.254 e. The van der Waals surface area contributed by atoms with E-state index < -0.39 is 0 Å². The number of aryl methyl sites for hydroxylation is 1. The zero-order valence-corrected chi connectivity index (χ0v) is 10.8. The number of benzene rings is 1. The topological polar surface area (TPSA) is 20.3 Å². The van der Waals surface area contributed by atoms with Crippen LogP contribution in [0.25, 0.3) is 0 Å². The lowest BCUT2D eigenvalue weighted by atomic mass is 10.1. The monoisotopic (exact) mass is 239 g/mol. The largest absolute Gasteiger partial charge is 0.335 e. The van der Waals surface area contributed by atoms with Crippen LogP contribution >= 0.6 is 11.6 Å². The van der Waals surface area contributed by atoms with Gasteiger partial charge in [-0.25, -0.2) is 0 Å². The van der Waals surface area contributed by atoms with Gasteiger partial charge < -0.3 is 4.90 Å². The van der Waals surface area contributed by atoms with Crippen molar-refractivity contribution in [1.29, 1.82) is 0 Å². The minimum absolute atomic E-state index is 0.0550. The summed E-state index contributed by atoms with van der Waals surface area (Å²) < 4.78 is 0. The van der Waals surface area contributed by atoms with E-state index in [4.69, 9.17) is 11.6 Å². The summed E-state index contributed by atoms with van der Waals surface area (Å²) in [6, 6.07) is 7.82. The molecule has 88 valence electrons. The highest BCUT2D eigenvalue weighted by atomic mass is 35.5. The van der Waals surface area contributed by atoms with Gasteiger partial charge in [-0.15, -0.1) is 11.6 Å². The third-order valence-corrected chi connectivity index (χ3v) is 2.64. The molecular weight excluding hydrogens is 222 g/mol. The van der Waals surface area contributed by atoms with Gasteiger partial charge in [0.15, 0.2) is 0 Å². The minimum atomic E-state index is 0.0550. The van der Waals surface area contributed by atoms with E-state index in [9.17, 15) is 4.79 Å². The Morgan fingerprint density at radius 1 is 1.44 bits per heavy atom. The van der Waals surface area contributed by atoms with Gasteiger partial charge in [0.25, 0.3) is 5.91 Å². The number of carbonyl (C=O) groups is 1. The van der Waals surface area contributed by atoms with Crippen molar-refractivity contribution in [2.75, 3.05) is 12.4 Å². The van der Waals surface area contributed by atoms with Crippen molar-refractivity contribution >= 4 is 17.5 Å². The maximum absolute atomic E-state index is 12.2. The first-order valence-electron chi connectivity index (χ1n) is 5.50. The molecule has 0 heterocycles. The molecule has 0 bridgehead atoms. The van der Waals surface area contributed by atoms with Crippen LogP contribution in [0.15, 0.2) is 24.3 Å². The lowest BCUT2D eigenvalue weighted by Crippen LogP contribution is -2.38. The summed E-state index contributed by atoms with van der Waals surface area (Å²) in [5, 5.41) is 0. The number of nitrogens with zero attached hydrogens (tertiary/aromatic N) is 1. The fraction of sp³-hybridized carbons (Fsp3) is 0.462. The quantitative estimate of drug-likeness (QED) is 0.740. The highest BCUT2D eigenvalue weighted by Crippen LogP contribution is 2.10. The van der Waals surface area contributed by atoms with Gasteiger partial charge in [0.2, 0.25) is 0 Å². The molecule has 1 aromatic rings. The van der Waals surface area contributed by atoms with Gasteiger partial charge in [0, 0.05) is 24.0 Å². The van der Waals surface area contributed by atoms with Crippen LogP contribution in [0.2, 0.25) is 0 Å². The Morgan fingerprint density at radius 3 is 2.62 bits per heavy atom. The first kappa shape index (κ1) is 13.0. The molecule has 2 nitrogen and oxygen atoms in total. The molecule has 0 radical (unpaired) electrons. The van der Waals surface area contributed by atoms with Crippen LogP contribution in [0.3, 0.4) is 0 Å². The van der Waals surface area contributed by atoms with Crippen molar-refractivity contribution in [2.45, 2.75) is 26.8 Å². The highest BCUT2D eigenvalue weighted by molar-refractivity contribution is 6.18. The molecule has 3 heteroatoms. The summed E-state index contributed by atoms with van der Waals surface area (Å²) in [5.74, 6) is 0.523. The third kappa shape index (κ3) is 3.24. The van der Waals surface area contributed by atoms with Crippen LogP contribution in [0, 0.1) is 6.92 Å². The van der Waals surface area contributed by atoms with Crippen LogP contribution in [-0.2, 0) is 0 Å². The van der Waals surface area contributed by atoms with Crippen molar-refractivity contribution in [2.24, 2.45) is 0 Å². The molecule has 1 aromatic carbocycles. The van der Waals surface area contributed by atoms with E-state index in [2.05, 4.69) is 0 Å². The Labute approximate surface area is 102 Å². The molecule has 0 atom stereocenters. The van der Waals surface area contributed by atoms with Gasteiger partial charge in [-0.2, -0.15) is 0 Å². The Hall–Kier alpha value is -1.02. The molecule has 0 aliphatic rings. The maximum atomic E-state index is 12.2. The molecule has 0 saturated carbocycles. The second-order valence-electron chi connectivity index (χ2n) is 4.15. The molecule has 0 aliphatic carbocycles. The number of rotatable bonds is 4. The van der Waals surface area contributed by atoms with Gasteiger partial charge in [0.1, 0.15) is 0 Å². The van der Waals surface area contributed by atoms with Crippen LogP contribution in [-0.4, -0.2) is 29.3 Å². The van der Waals surface area contributed by atoms with E-state index >= 15 is 0 Å². The van der Waals surface area contributed by atoms with E-state index in [0.29, 0.717) is 12.4 Å². The predicted molar refractivity (Wildman–Crippen MR) is 68.1 cm³/mol. The maximum Gasteiger partial charge on any atom is 0.254 e. The van der Waals surface area contributed by atoms with E-state index in [0.717, 1.165) is 11.1 Å². The molecule has 16 heavy (non-hydrogen) atoms. The number of hydrogen-bond donors (Lipinski definition) is 0. The lowest BCUT2D eigenvalue weighted by molar-refractivity contribution is 0.0718. The van der Waals surface area contributed by atoms with Gasteiger partial charge in [-0.1, -0.05) is 17.7 Å². The summed E-state index contributed by atoms with van der Waals surface area (Å²) in [6.45, 7) is 6.57. The Bertz CT molecular complexity index is 363. The molecule has 0 spiro atoms. The molecule has 0 unspecified atom stereocenters. The normalized spacial score (nSPS) is 10.6. The van der Waals surface area contributed by atoms with Crippen molar-refractivity contribution in [3.05, 3.63) is 35.4 Å². The van der Waals surface area contributed by atoms with Gasteiger partial charge in [-0.05, 0) is 32.9 Å². The van der Waals surface area contributed by atoms with Crippen molar-refractivity contribution in [1.82, 2.24) is 4.90 Å². The molecule has 0 saturated heterocycles. The van der Waals surface area contributed by atoms with E-state index in [1.165, 1.54) is 0 Å². The summed E-state index contributed by atoms with van der Waals surface area (Å²) in [4.78, 5) is 14.0. The number of halogens is 1. The van der Waals surface area contributed by atoms with Crippen molar-refractivity contribution < 1.29 is 4.79 Å². The van der Waals surface area contributed by atoms with E-state index in [1.54, 1.807) is 4.90 Å². The van der Waals surface area contributed by atoms with Crippen LogP contribution in [0.1, 0.15) is 29.8 Å². The Morgan fingerprint density at radius 2 is 2.12 bits per heavy atom. The van der Waals surface area contributed by atoms with Crippen LogP contribution in [0.5, 0.6) is 0 Å². The van der Waals surface area contributed by atoms with Crippen molar-refractivity contribution in [3.63, 3.8) is 0 Å². The molecule has 0 N–H and O–H groups in total. The second-order valence-corrected chi connectivity index (χ2v) is 4.53. The van der Waals surface area contributed by atoms with Gasteiger partial charge in [-0.3, -0.25) is 4.79 Å². The molecule has 1 amide bonds. The minimum Gasteiger partial charge on any atom is -0.335 e. The highest BCUT2D eigenvalue weighted by Gasteiger charge is 2.17. The molecule has 0 fully saturated rings. The fourth-order valence-corrected chi connectivity index (χ4v) is 1.81. The first-order chi connectivity index (χ1) is 7.56. The van der Waals surface area contributed by atoms with E-state index in [-0.39, 0.29) is 11.9 Å². The van der Waals surface area contributed by atoms with Crippen LogP contribution < -0.4 is 0 Å². The predicted octanol–water partition coefficient (Wildman–Crippen LogP) is 3.08. The van der Waals surface area contributed by atoms with Crippen molar-refractivity contribution in [3.8, 4) is 0 Å². The molecule has 0 aliphatic heterocycles. The third-order valence-electron chi connectivity index (χ3n) is 2.47. The fourth-order valence-electron chi connectivity index (χ4n) is 1.63. The average molecular weight is 240 g/mol. The number of amides is 1. The van der Waals surface area contributed by atoms with E-state index in [1.807, 2.05) is 45.0 Å². The summed E-state index contributed by atoms with van der Waals surface area (Å²) >= 11 is 5.71. The number of carbonyl (C=O) groups excluding carboxylic acids is 1. The SMILES string of the molecule is Cc1cccc(C(=O)N(CCCl)C(C)C)c1. The molecular formula is C13H18ClNO. The Balaban J connectivity index is 2.90.